The second-order valence-electron chi connectivity index (χ2n) is 4.60. The summed E-state index contributed by atoms with van der Waals surface area (Å²) in [6.45, 7) is 4.06. The Morgan fingerprint density at radius 2 is 2.37 bits per heavy atom. The predicted molar refractivity (Wildman–Crippen MR) is 79.7 cm³/mol. The van der Waals surface area contributed by atoms with Crippen molar-refractivity contribution < 1.29 is 9.53 Å². The molecule has 1 atom stereocenters. The van der Waals surface area contributed by atoms with E-state index in [-0.39, 0.29) is 12.0 Å². The van der Waals surface area contributed by atoms with Crippen molar-refractivity contribution in [2.45, 2.75) is 25.9 Å². The highest BCUT2D eigenvalue weighted by molar-refractivity contribution is 9.10. The van der Waals surface area contributed by atoms with Gasteiger partial charge in [-0.3, -0.25) is 4.79 Å². The van der Waals surface area contributed by atoms with Crippen molar-refractivity contribution in [3.8, 4) is 0 Å². The number of benzene rings is 1. The third-order valence-electron chi connectivity index (χ3n) is 3.28. The zero-order valence-corrected chi connectivity index (χ0v) is 13.2. The summed E-state index contributed by atoms with van der Waals surface area (Å²) in [6.07, 6.45) is 2.26. The first-order chi connectivity index (χ1) is 9.11. The molecule has 19 heavy (non-hydrogen) atoms. The lowest BCUT2D eigenvalue weighted by atomic mass is 10.1. The van der Waals surface area contributed by atoms with Crippen molar-refractivity contribution in [3.63, 3.8) is 0 Å². The zero-order chi connectivity index (χ0) is 13.8. The van der Waals surface area contributed by atoms with Crippen LogP contribution in [0, 0.1) is 0 Å². The number of amides is 1. The average molecular weight is 347 g/mol. The van der Waals surface area contributed by atoms with E-state index in [1.165, 1.54) is 0 Å². The van der Waals surface area contributed by atoms with Gasteiger partial charge in [0.1, 0.15) is 0 Å². The van der Waals surface area contributed by atoms with Gasteiger partial charge in [0.15, 0.2) is 0 Å². The van der Waals surface area contributed by atoms with E-state index in [2.05, 4.69) is 15.9 Å². The van der Waals surface area contributed by atoms with Crippen molar-refractivity contribution in [3.05, 3.63) is 33.3 Å². The Morgan fingerprint density at radius 1 is 1.58 bits per heavy atom. The number of hydrogen-bond acceptors (Lipinski definition) is 2. The highest BCUT2D eigenvalue weighted by Crippen LogP contribution is 2.23. The molecule has 1 heterocycles. The number of ether oxygens (including phenoxy) is 1. The summed E-state index contributed by atoms with van der Waals surface area (Å²) in [6, 6.07) is 5.33. The third-order valence-corrected chi connectivity index (χ3v) is 4.10. The molecular weight excluding hydrogens is 330 g/mol. The summed E-state index contributed by atoms with van der Waals surface area (Å²) in [5, 5.41) is 0.485. The highest BCUT2D eigenvalue weighted by atomic mass is 79.9. The molecule has 5 heteroatoms. The van der Waals surface area contributed by atoms with Crippen LogP contribution in [-0.2, 0) is 4.74 Å². The van der Waals surface area contributed by atoms with Crippen LogP contribution in [0.25, 0.3) is 0 Å². The second-order valence-corrected chi connectivity index (χ2v) is 5.93. The van der Waals surface area contributed by atoms with Gasteiger partial charge in [0.25, 0.3) is 5.91 Å². The Balaban J connectivity index is 2.12. The summed E-state index contributed by atoms with van der Waals surface area (Å²) in [4.78, 5) is 14.3. The van der Waals surface area contributed by atoms with Gasteiger partial charge in [0.05, 0.1) is 16.7 Å². The first kappa shape index (κ1) is 14.8. The normalized spacial score (nSPS) is 18.6. The van der Waals surface area contributed by atoms with Crippen molar-refractivity contribution >= 4 is 33.4 Å². The second kappa shape index (κ2) is 6.73. The first-order valence-corrected chi connectivity index (χ1v) is 7.65. The Bertz CT molecular complexity index is 461. The maximum absolute atomic E-state index is 12.5. The van der Waals surface area contributed by atoms with Gasteiger partial charge in [-0.1, -0.05) is 27.5 Å². The fourth-order valence-corrected chi connectivity index (χ4v) is 2.78. The fraction of sp³-hybridized carbons (Fsp3) is 0.500. The molecular formula is C14H17BrClNO2. The number of carbonyl (C=O) groups excluding carboxylic acids is 1. The molecule has 1 aliphatic rings. The first-order valence-electron chi connectivity index (χ1n) is 6.47. The van der Waals surface area contributed by atoms with Crippen LogP contribution < -0.4 is 0 Å². The van der Waals surface area contributed by atoms with Crippen LogP contribution in [0.4, 0.5) is 0 Å². The molecule has 0 saturated carbocycles. The number of rotatable bonds is 4. The van der Waals surface area contributed by atoms with Gasteiger partial charge in [0, 0.05) is 24.2 Å². The molecule has 1 fully saturated rings. The summed E-state index contributed by atoms with van der Waals surface area (Å²) in [5.41, 5.74) is 0.538. The summed E-state index contributed by atoms with van der Waals surface area (Å²) in [7, 11) is 0. The van der Waals surface area contributed by atoms with Gasteiger partial charge in [0.2, 0.25) is 0 Å². The number of hydrogen-bond donors (Lipinski definition) is 0. The Kier molecular flexibility index (Phi) is 5.25. The maximum Gasteiger partial charge on any atom is 0.255 e. The van der Waals surface area contributed by atoms with Gasteiger partial charge in [-0.25, -0.2) is 0 Å². The minimum absolute atomic E-state index is 0.0377. The van der Waals surface area contributed by atoms with E-state index in [0.717, 1.165) is 23.9 Å². The van der Waals surface area contributed by atoms with Crippen LogP contribution in [0.15, 0.2) is 22.7 Å². The molecule has 0 aromatic heterocycles. The van der Waals surface area contributed by atoms with E-state index < -0.39 is 0 Å². The molecule has 0 spiro atoms. The molecule has 1 aliphatic heterocycles. The van der Waals surface area contributed by atoms with Crippen LogP contribution in [0.2, 0.25) is 5.02 Å². The maximum atomic E-state index is 12.5. The van der Waals surface area contributed by atoms with Crippen LogP contribution in [0.5, 0.6) is 0 Å². The minimum Gasteiger partial charge on any atom is -0.376 e. The monoisotopic (exact) mass is 345 g/mol. The molecule has 0 N–H and O–H groups in total. The number of carbonyl (C=O) groups is 1. The smallest absolute Gasteiger partial charge is 0.255 e. The number of likely N-dealkylation sites (N-methyl/N-ethyl adjacent to an activating group) is 1. The van der Waals surface area contributed by atoms with Crippen LogP contribution in [-0.4, -0.2) is 36.6 Å². The largest absolute Gasteiger partial charge is 0.376 e. The van der Waals surface area contributed by atoms with Crippen LogP contribution in [0.3, 0.4) is 0 Å². The van der Waals surface area contributed by atoms with Crippen molar-refractivity contribution in [1.82, 2.24) is 4.90 Å². The lowest BCUT2D eigenvalue weighted by Crippen LogP contribution is -2.37. The van der Waals surface area contributed by atoms with E-state index in [0.29, 0.717) is 23.7 Å². The number of halogens is 2. The highest BCUT2D eigenvalue weighted by Gasteiger charge is 2.23. The van der Waals surface area contributed by atoms with Crippen molar-refractivity contribution in [1.29, 1.82) is 0 Å². The molecule has 1 aromatic rings. The molecule has 1 amide bonds. The fourth-order valence-electron chi connectivity index (χ4n) is 2.22. The zero-order valence-electron chi connectivity index (χ0n) is 10.9. The van der Waals surface area contributed by atoms with Gasteiger partial charge in [-0.05, 0) is 38.0 Å². The van der Waals surface area contributed by atoms with E-state index in [9.17, 15) is 4.79 Å². The van der Waals surface area contributed by atoms with Crippen LogP contribution >= 0.6 is 27.5 Å². The summed E-state index contributed by atoms with van der Waals surface area (Å²) >= 11 is 9.48. The van der Waals surface area contributed by atoms with Crippen LogP contribution in [0.1, 0.15) is 30.1 Å². The van der Waals surface area contributed by atoms with E-state index in [4.69, 9.17) is 16.3 Å². The molecule has 3 nitrogen and oxygen atoms in total. The van der Waals surface area contributed by atoms with E-state index in [1.807, 2.05) is 13.0 Å². The Hall–Kier alpha value is -0.580. The van der Waals surface area contributed by atoms with Gasteiger partial charge in [-0.2, -0.15) is 0 Å². The molecule has 1 saturated heterocycles. The molecule has 1 aromatic carbocycles. The SMILES string of the molecule is CCN(CC1CCCO1)C(=O)c1cc(Br)ccc1Cl. The third kappa shape index (κ3) is 3.71. The standard InChI is InChI=1S/C14H17BrClNO2/c1-2-17(9-11-4-3-7-19-11)14(18)12-8-10(15)5-6-13(12)16/h5-6,8,11H,2-4,7,9H2,1H3. The summed E-state index contributed by atoms with van der Waals surface area (Å²) in [5.74, 6) is -0.0377. The Labute approximate surface area is 127 Å². The van der Waals surface area contributed by atoms with Gasteiger partial charge < -0.3 is 9.64 Å². The molecule has 0 aliphatic carbocycles. The van der Waals surface area contributed by atoms with E-state index >= 15 is 0 Å². The molecule has 0 bridgehead atoms. The average Bonchev–Trinajstić information content (AvgIpc) is 2.91. The lowest BCUT2D eigenvalue weighted by molar-refractivity contribution is 0.0539. The molecule has 0 radical (unpaired) electrons. The predicted octanol–water partition coefficient (Wildman–Crippen LogP) is 3.74. The van der Waals surface area contributed by atoms with Gasteiger partial charge in [-0.15, -0.1) is 0 Å². The topological polar surface area (TPSA) is 29.5 Å². The van der Waals surface area contributed by atoms with Gasteiger partial charge >= 0.3 is 0 Å². The molecule has 1 unspecified atom stereocenters. The van der Waals surface area contributed by atoms with Crippen molar-refractivity contribution in [2.24, 2.45) is 0 Å². The van der Waals surface area contributed by atoms with E-state index in [1.54, 1.807) is 17.0 Å². The molecule has 104 valence electrons. The minimum atomic E-state index is -0.0377. The summed E-state index contributed by atoms with van der Waals surface area (Å²) < 4.78 is 6.44. The quantitative estimate of drug-likeness (QED) is 0.831. The lowest BCUT2D eigenvalue weighted by Gasteiger charge is -2.24. The Morgan fingerprint density at radius 3 is 3.00 bits per heavy atom. The number of nitrogens with zero attached hydrogens (tertiary/aromatic N) is 1. The molecule has 2 rings (SSSR count). The van der Waals surface area contributed by atoms with Crippen molar-refractivity contribution in [2.75, 3.05) is 19.7 Å².